The fourth-order valence-corrected chi connectivity index (χ4v) is 3.42. The molecule has 0 saturated carbocycles. The van der Waals surface area contributed by atoms with Gasteiger partial charge in [0.05, 0.1) is 0 Å². The summed E-state index contributed by atoms with van der Waals surface area (Å²) in [5, 5.41) is 3.64. The highest BCUT2D eigenvalue weighted by Crippen LogP contribution is 2.19. The Kier molecular flexibility index (Phi) is 5.67. The Labute approximate surface area is 124 Å². The summed E-state index contributed by atoms with van der Waals surface area (Å²) in [4.78, 5) is 2.45. The van der Waals surface area contributed by atoms with Crippen LogP contribution < -0.4 is 5.32 Å². The van der Waals surface area contributed by atoms with Crippen molar-refractivity contribution in [2.75, 3.05) is 26.7 Å². The molecular weight excluding hydrogens is 246 g/mol. The molecule has 1 aliphatic heterocycles. The second-order valence-corrected chi connectivity index (χ2v) is 6.35. The first kappa shape index (κ1) is 15.6. The van der Waals surface area contributed by atoms with Crippen LogP contribution in [0.5, 0.6) is 0 Å². The molecule has 0 amide bonds. The van der Waals surface area contributed by atoms with E-state index in [1.165, 1.54) is 49.3 Å². The van der Waals surface area contributed by atoms with Gasteiger partial charge in [0.25, 0.3) is 0 Å². The van der Waals surface area contributed by atoms with E-state index < -0.39 is 0 Å². The predicted molar refractivity (Wildman–Crippen MR) is 86.1 cm³/mol. The average Bonchev–Trinajstić information content (AvgIpc) is 2.71. The maximum atomic E-state index is 3.64. The third-order valence-corrected chi connectivity index (χ3v) is 4.88. The molecule has 1 aromatic heterocycles. The van der Waals surface area contributed by atoms with E-state index in [2.05, 4.69) is 48.7 Å². The second kappa shape index (κ2) is 7.28. The second-order valence-electron chi connectivity index (χ2n) is 6.35. The molecule has 1 fully saturated rings. The minimum absolute atomic E-state index is 0.932. The Bertz CT molecular complexity index is 414. The van der Waals surface area contributed by atoms with Crippen molar-refractivity contribution in [1.82, 2.24) is 14.8 Å². The zero-order valence-electron chi connectivity index (χ0n) is 13.7. The Morgan fingerprint density at radius 2 is 1.95 bits per heavy atom. The van der Waals surface area contributed by atoms with Crippen LogP contribution in [0.25, 0.3) is 0 Å². The molecule has 3 nitrogen and oxygen atoms in total. The molecule has 0 spiro atoms. The normalized spacial score (nSPS) is 17.8. The zero-order chi connectivity index (χ0) is 14.5. The lowest BCUT2D eigenvalue weighted by atomic mass is 9.94. The molecule has 0 unspecified atom stereocenters. The van der Waals surface area contributed by atoms with E-state index in [1.54, 1.807) is 0 Å². The molecule has 0 aliphatic carbocycles. The van der Waals surface area contributed by atoms with Gasteiger partial charge in [-0.05, 0) is 84.3 Å². The molecule has 0 aromatic carbocycles. The van der Waals surface area contributed by atoms with Crippen molar-refractivity contribution in [2.45, 2.75) is 53.1 Å². The van der Waals surface area contributed by atoms with Crippen LogP contribution in [0.1, 0.15) is 43.1 Å². The van der Waals surface area contributed by atoms with Crippen LogP contribution in [-0.2, 0) is 13.1 Å². The van der Waals surface area contributed by atoms with Crippen LogP contribution in [-0.4, -0.2) is 36.1 Å². The van der Waals surface area contributed by atoms with Crippen LogP contribution in [0.15, 0.2) is 6.07 Å². The number of rotatable bonds is 6. The van der Waals surface area contributed by atoms with Gasteiger partial charge in [-0.3, -0.25) is 0 Å². The quantitative estimate of drug-likeness (QED) is 0.807. The topological polar surface area (TPSA) is 20.2 Å². The molecule has 1 N–H and O–H groups in total. The van der Waals surface area contributed by atoms with E-state index in [0.29, 0.717) is 0 Å². The van der Waals surface area contributed by atoms with Gasteiger partial charge in [-0.1, -0.05) is 0 Å². The first-order valence-corrected chi connectivity index (χ1v) is 8.16. The van der Waals surface area contributed by atoms with E-state index in [9.17, 15) is 0 Å². The highest BCUT2D eigenvalue weighted by atomic mass is 15.1. The first-order valence-electron chi connectivity index (χ1n) is 8.16. The summed E-state index contributed by atoms with van der Waals surface area (Å²) in [5.41, 5.74) is 4.28. The third kappa shape index (κ3) is 3.86. The van der Waals surface area contributed by atoms with E-state index in [4.69, 9.17) is 0 Å². The van der Waals surface area contributed by atoms with Crippen LogP contribution in [0.4, 0.5) is 0 Å². The lowest BCUT2D eigenvalue weighted by Gasteiger charge is -2.28. The van der Waals surface area contributed by atoms with Crippen molar-refractivity contribution < 1.29 is 0 Å². The van der Waals surface area contributed by atoms with Gasteiger partial charge in [0.15, 0.2) is 0 Å². The number of hydrogen-bond donors (Lipinski definition) is 1. The van der Waals surface area contributed by atoms with Crippen molar-refractivity contribution in [1.29, 1.82) is 0 Å². The van der Waals surface area contributed by atoms with E-state index in [1.807, 2.05) is 0 Å². The fourth-order valence-electron chi connectivity index (χ4n) is 3.42. The molecule has 0 radical (unpaired) electrons. The van der Waals surface area contributed by atoms with Gasteiger partial charge < -0.3 is 14.8 Å². The molecule has 0 atom stereocenters. The first-order chi connectivity index (χ1) is 9.61. The highest BCUT2D eigenvalue weighted by molar-refractivity contribution is 5.26. The monoisotopic (exact) mass is 277 g/mol. The fraction of sp³-hybridized carbons (Fsp3) is 0.765. The Balaban J connectivity index is 1.71. The molecule has 2 rings (SSSR count). The summed E-state index contributed by atoms with van der Waals surface area (Å²) in [6, 6.07) is 2.33. The van der Waals surface area contributed by atoms with E-state index in [0.717, 1.165) is 25.6 Å². The third-order valence-electron chi connectivity index (χ3n) is 4.88. The SMILES string of the molecule is CCn1c(C)cc(CNCCC2CCN(C)CC2)c1C. The minimum Gasteiger partial charge on any atom is -0.349 e. The Morgan fingerprint density at radius 1 is 1.25 bits per heavy atom. The van der Waals surface area contributed by atoms with Crippen molar-refractivity contribution in [2.24, 2.45) is 5.92 Å². The Hall–Kier alpha value is -0.800. The summed E-state index contributed by atoms with van der Waals surface area (Å²) in [7, 11) is 2.23. The van der Waals surface area contributed by atoms with Crippen molar-refractivity contribution in [3.8, 4) is 0 Å². The number of likely N-dealkylation sites (tertiary alicyclic amines) is 1. The number of aromatic nitrogens is 1. The van der Waals surface area contributed by atoms with Crippen molar-refractivity contribution in [3.05, 3.63) is 23.0 Å². The molecular formula is C17H31N3. The molecule has 3 heteroatoms. The number of nitrogens with zero attached hydrogens (tertiary/aromatic N) is 2. The highest BCUT2D eigenvalue weighted by Gasteiger charge is 2.16. The molecule has 2 heterocycles. The Morgan fingerprint density at radius 3 is 2.55 bits per heavy atom. The number of hydrogen-bond acceptors (Lipinski definition) is 2. The summed E-state index contributed by atoms with van der Waals surface area (Å²) >= 11 is 0. The standard InChI is InChI=1S/C17H31N3/c1-5-20-14(2)12-17(15(20)3)13-18-9-6-16-7-10-19(4)11-8-16/h12,16,18H,5-11,13H2,1-4H3. The summed E-state index contributed by atoms with van der Waals surface area (Å²) < 4.78 is 2.40. The number of nitrogens with one attached hydrogen (secondary N) is 1. The van der Waals surface area contributed by atoms with Gasteiger partial charge in [-0.15, -0.1) is 0 Å². The average molecular weight is 277 g/mol. The summed E-state index contributed by atoms with van der Waals surface area (Å²) in [6.45, 7) is 12.5. The van der Waals surface area contributed by atoms with Crippen LogP contribution >= 0.6 is 0 Å². The lowest BCUT2D eigenvalue weighted by Crippen LogP contribution is -2.31. The molecule has 20 heavy (non-hydrogen) atoms. The largest absolute Gasteiger partial charge is 0.349 e. The van der Waals surface area contributed by atoms with Gasteiger partial charge in [-0.2, -0.15) is 0 Å². The summed E-state index contributed by atoms with van der Waals surface area (Å²) in [5.74, 6) is 0.932. The molecule has 1 saturated heterocycles. The van der Waals surface area contributed by atoms with Crippen LogP contribution in [0.3, 0.4) is 0 Å². The van der Waals surface area contributed by atoms with Crippen molar-refractivity contribution >= 4 is 0 Å². The molecule has 1 aromatic rings. The van der Waals surface area contributed by atoms with Crippen LogP contribution in [0.2, 0.25) is 0 Å². The molecule has 114 valence electrons. The molecule has 1 aliphatic rings. The maximum absolute atomic E-state index is 3.64. The van der Waals surface area contributed by atoms with Crippen molar-refractivity contribution in [3.63, 3.8) is 0 Å². The summed E-state index contributed by atoms with van der Waals surface area (Å²) in [6.07, 6.45) is 4.09. The minimum atomic E-state index is 0.932. The predicted octanol–water partition coefficient (Wildman–Crippen LogP) is 2.95. The number of aryl methyl sites for hydroxylation is 1. The van der Waals surface area contributed by atoms with Gasteiger partial charge >= 0.3 is 0 Å². The lowest BCUT2D eigenvalue weighted by molar-refractivity contribution is 0.211. The van der Waals surface area contributed by atoms with E-state index in [-0.39, 0.29) is 0 Å². The van der Waals surface area contributed by atoms with Gasteiger partial charge in [-0.25, -0.2) is 0 Å². The van der Waals surface area contributed by atoms with Gasteiger partial charge in [0.2, 0.25) is 0 Å². The molecule has 0 bridgehead atoms. The van der Waals surface area contributed by atoms with Gasteiger partial charge in [0, 0.05) is 24.5 Å². The van der Waals surface area contributed by atoms with Gasteiger partial charge in [0.1, 0.15) is 0 Å². The maximum Gasteiger partial charge on any atom is 0.0223 e. The zero-order valence-corrected chi connectivity index (χ0v) is 13.7. The smallest absolute Gasteiger partial charge is 0.0223 e. The van der Waals surface area contributed by atoms with Crippen LogP contribution in [0, 0.1) is 19.8 Å². The number of piperidine rings is 1. The van der Waals surface area contributed by atoms with E-state index >= 15 is 0 Å².